The smallest absolute Gasteiger partial charge is 0.408 e. The number of aldehydes is 1. The summed E-state index contributed by atoms with van der Waals surface area (Å²) in [5, 5.41) is 5.61. The van der Waals surface area contributed by atoms with Crippen LogP contribution in [0.3, 0.4) is 0 Å². The number of thiazole rings is 2. The van der Waals surface area contributed by atoms with Crippen LogP contribution in [-0.4, -0.2) is 52.2 Å². The minimum Gasteiger partial charge on any atom is -0.461 e. The summed E-state index contributed by atoms with van der Waals surface area (Å²) in [6.07, 6.45) is -0.146. The van der Waals surface area contributed by atoms with Crippen molar-refractivity contribution in [3.8, 4) is 20.9 Å². The van der Waals surface area contributed by atoms with E-state index < -0.39 is 29.4 Å². The molecule has 0 bridgehead atoms. The summed E-state index contributed by atoms with van der Waals surface area (Å²) < 4.78 is 15.6. The molecule has 4 rings (SSSR count). The molecule has 2 heterocycles. The Hall–Kier alpha value is -4.62. The Morgan fingerprint density at radius 2 is 1.16 bits per heavy atom. The van der Waals surface area contributed by atoms with Gasteiger partial charge in [0.2, 0.25) is 0 Å². The fourth-order valence-electron chi connectivity index (χ4n) is 4.33. The van der Waals surface area contributed by atoms with Gasteiger partial charge in [-0.25, -0.2) is 24.4 Å². The molecule has 262 valence electrons. The maximum Gasteiger partial charge on any atom is 0.408 e. The van der Waals surface area contributed by atoms with Crippen molar-refractivity contribution >= 4 is 47.1 Å². The topological polar surface area (TPSA) is 146 Å². The van der Waals surface area contributed by atoms with Crippen LogP contribution >= 0.6 is 22.7 Å². The van der Waals surface area contributed by atoms with Gasteiger partial charge >= 0.3 is 18.2 Å². The molecular weight excluding hydrogens is 665 g/mol. The highest BCUT2D eigenvalue weighted by Gasteiger charge is 2.21. The highest BCUT2D eigenvalue weighted by atomic mass is 32.1. The number of amides is 2. The quantitative estimate of drug-likeness (QED) is 0.0990. The highest BCUT2D eigenvalue weighted by molar-refractivity contribution is 7.14. The van der Waals surface area contributed by atoms with E-state index in [1.54, 1.807) is 17.9 Å². The molecule has 2 N–H and O–H groups in total. The average Bonchev–Trinajstić information content (AvgIpc) is 3.70. The van der Waals surface area contributed by atoms with Crippen LogP contribution in [0.4, 0.5) is 9.59 Å². The van der Waals surface area contributed by atoms with Gasteiger partial charge in [-0.15, -0.1) is 22.7 Å². The van der Waals surface area contributed by atoms with Crippen LogP contribution in [0.1, 0.15) is 107 Å². The Morgan fingerprint density at radius 3 is 1.59 bits per heavy atom. The molecule has 0 spiro atoms. The lowest BCUT2D eigenvalue weighted by atomic mass is 10.0. The number of nitrogens with one attached hydrogen (secondary N) is 2. The zero-order chi connectivity index (χ0) is 36.4. The molecule has 2 amide bonds. The second-order valence-electron chi connectivity index (χ2n) is 12.9. The van der Waals surface area contributed by atoms with Gasteiger partial charge in [0.1, 0.15) is 16.9 Å². The summed E-state index contributed by atoms with van der Waals surface area (Å²) in [5.74, 6) is -0.423. The number of hydrogen-bond donors (Lipinski definition) is 2. The molecule has 49 heavy (non-hydrogen) atoms. The largest absolute Gasteiger partial charge is 0.461 e. The van der Waals surface area contributed by atoms with Crippen molar-refractivity contribution in [1.29, 1.82) is 0 Å². The Labute approximate surface area is 295 Å². The summed E-state index contributed by atoms with van der Waals surface area (Å²) >= 11 is 2.81. The Bertz CT molecular complexity index is 1700. The summed E-state index contributed by atoms with van der Waals surface area (Å²) in [6, 6.07) is 14.9. The van der Waals surface area contributed by atoms with E-state index in [1.165, 1.54) is 22.7 Å². The van der Waals surface area contributed by atoms with E-state index in [0.29, 0.717) is 18.0 Å². The van der Waals surface area contributed by atoms with E-state index in [9.17, 15) is 19.2 Å². The van der Waals surface area contributed by atoms with Crippen LogP contribution < -0.4 is 10.6 Å². The lowest BCUT2D eigenvalue weighted by Gasteiger charge is -2.22. The summed E-state index contributed by atoms with van der Waals surface area (Å²) in [6.45, 7) is 16.8. The monoisotopic (exact) mass is 708 g/mol. The van der Waals surface area contributed by atoms with Crippen LogP contribution in [-0.2, 0) is 14.2 Å². The molecule has 0 saturated carbocycles. The van der Waals surface area contributed by atoms with Crippen LogP contribution in [0.15, 0.2) is 59.6 Å². The molecule has 13 heteroatoms. The van der Waals surface area contributed by atoms with Gasteiger partial charge in [0.15, 0.2) is 12.0 Å². The van der Waals surface area contributed by atoms with Crippen molar-refractivity contribution in [3.63, 3.8) is 0 Å². The molecule has 2 atom stereocenters. The van der Waals surface area contributed by atoms with Crippen LogP contribution in [0.5, 0.6) is 0 Å². The van der Waals surface area contributed by atoms with E-state index in [0.717, 1.165) is 38.3 Å². The van der Waals surface area contributed by atoms with Gasteiger partial charge in [-0.3, -0.25) is 4.79 Å². The number of carbonyl (C=O) groups excluding carboxylic acids is 4. The lowest BCUT2D eigenvalue weighted by Crippen LogP contribution is -2.34. The maximum atomic E-state index is 12.0. The molecule has 0 aliphatic carbocycles. The van der Waals surface area contributed by atoms with E-state index in [1.807, 2.05) is 104 Å². The third kappa shape index (κ3) is 12.1. The third-order valence-corrected chi connectivity index (χ3v) is 8.32. The molecule has 0 saturated heterocycles. The number of ether oxygens (including phenoxy) is 3. The molecule has 4 aromatic rings. The number of rotatable bonds is 9. The molecule has 2 aromatic carbocycles. The maximum absolute atomic E-state index is 12.0. The van der Waals surface area contributed by atoms with Gasteiger partial charge in [-0.1, -0.05) is 48.5 Å². The van der Waals surface area contributed by atoms with Crippen molar-refractivity contribution < 1.29 is 33.4 Å². The first-order valence-corrected chi connectivity index (χ1v) is 17.5. The van der Waals surface area contributed by atoms with Crippen LogP contribution in [0.2, 0.25) is 0 Å². The Morgan fingerprint density at radius 1 is 0.735 bits per heavy atom. The molecular formula is C36H44N4O7S2. The summed E-state index contributed by atoms with van der Waals surface area (Å²) in [7, 11) is 0. The Balaban J connectivity index is 0.000000267. The number of alkyl carbamates (subject to hydrolysis) is 2. The minimum absolute atomic E-state index is 0.175. The second-order valence-corrected chi connectivity index (χ2v) is 14.6. The molecule has 11 nitrogen and oxygen atoms in total. The molecule has 2 aromatic heterocycles. The SMILES string of the molecule is CCOC(=O)c1ncsc1-c1ccc([C@H](C)NC(=O)OC(C)(C)C)cc1.C[C@H](NC(=O)OC(C)(C)C)c1ccc(-c2scnc2C=O)cc1. The number of esters is 1. The predicted molar refractivity (Wildman–Crippen MR) is 192 cm³/mol. The van der Waals surface area contributed by atoms with Gasteiger partial charge < -0.3 is 24.8 Å². The van der Waals surface area contributed by atoms with Gasteiger partial charge in [-0.2, -0.15) is 0 Å². The van der Waals surface area contributed by atoms with Crippen LogP contribution in [0, 0.1) is 0 Å². The zero-order valence-electron chi connectivity index (χ0n) is 29.3. The summed E-state index contributed by atoms with van der Waals surface area (Å²) in [5.41, 5.74) is 6.69. The van der Waals surface area contributed by atoms with Gasteiger partial charge in [0.25, 0.3) is 0 Å². The van der Waals surface area contributed by atoms with Gasteiger partial charge in [0.05, 0.1) is 39.5 Å². The second kappa shape index (κ2) is 17.2. The van der Waals surface area contributed by atoms with Crippen LogP contribution in [0.25, 0.3) is 20.9 Å². The number of carbonyl (C=O) groups is 4. The third-order valence-electron chi connectivity index (χ3n) is 6.56. The fraction of sp³-hybridized carbons (Fsp3) is 0.389. The minimum atomic E-state index is -0.538. The average molecular weight is 709 g/mol. The number of hydrogen-bond acceptors (Lipinski definition) is 11. The van der Waals surface area contributed by atoms with Gasteiger partial charge in [0, 0.05) is 0 Å². The van der Waals surface area contributed by atoms with Crippen molar-refractivity contribution in [3.05, 3.63) is 82.1 Å². The normalized spacial score (nSPS) is 12.4. The van der Waals surface area contributed by atoms with Crippen molar-refractivity contribution in [2.45, 2.75) is 85.6 Å². The van der Waals surface area contributed by atoms with Crippen molar-refractivity contribution in [1.82, 2.24) is 20.6 Å². The Kier molecular flexibility index (Phi) is 13.6. The molecule has 0 aliphatic rings. The number of aromatic nitrogens is 2. The zero-order valence-corrected chi connectivity index (χ0v) is 30.9. The standard InChI is InChI=1S/C19H24N2O4S.C17H20N2O3S/c1-6-24-17(22)15-16(26-11-20-15)14-9-7-13(8-10-14)12(2)21-18(23)25-19(3,4)5;1-11(19-16(21)22-17(2,3)4)12-5-7-13(8-6-12)15-14(9-20)18-10-23-15/h7-12H,6H2,1-5H3,(H,21,23);5-11H,1-4H3,(H,19,21)/t12-;11-/m00/s1. The molecule has 0 radical (unpaired) electrons. The molecule has 0 aliphatic heterocycles. The molecule has 0 fully saturated rings. The lowest BCUT2D eigenvalue weighted by molar-refractivity contribution is 0.0496. The molecule has 0 unspecified atom stereocenters. The van der Waals surface area contributed by atoms with Gasteiger partial charge in [-0.05, 0) is 84.6 Å². The fourth-order valence-corrected chi connectivity index (χ4v) is 5.88. The van der Waals surface area contributed by atoms with E-state index >= 15 is 0 Å². The number of benzene rings is 2. The van der Waals surface area contributed by atoms with E-state index in [-0.39, 0.29) is 12.1 Å². The first kappa shape index (κ1) is 38.8. The predicted octanol–water partition coefficient (Wildman–Crippen LogP) is 8.78. The summed E-state index contributed by atoms with van der Waals surface area (Å²) in [4.78, 5) is 56.4. The first-order valence-electron chi connectivity index (χ1n) is 15.7. The van der Waals surface area contributed by atoms with Crippen molar-refractivity contribution in [2.24, 2.45) is 0 Å². The highest BCUT2D eigenvalue weighted by Crippen LogP contribution is 2.30. The van der Waals surface area contributed by atoms with E-state index in [2.05, 4.69) is 20.6 Å². The number of nitrogens with zero attached hydrogens (tertiary/aromatic N) is 2. The van der Waals surface area contributed by atoms with E-state index in [4.69, 9.17) is 14.2 Å². The van der Waals surface area contributed by atoms with Crippen molar-refractivity contribution in [2.75, 3.05) is 6.61 Å². The first-order chi connectivity index (χ1) is 23.0.